The van der Waals surface area contributed by atoms with Crippen molar-refractivity contribution in [1.29, 1.82) is 0 Å². The molecule has 0 aliphatic heterocycles. The molecule has 6 aromatic carbocycles. The molecular formula is C39H30O3. The number of benzene rings is 6. The predicted octanol–water partition coefficient (Wildman–Crippen LogP) is 9.80. The molecule has 0 saturated heterocycles. The molecule has 6 aromatic rings. The SMILES string of the molecule is O=C(C(c1ccccc1)c1ccc(Oc2ccccc2)cc1)C(c1ccccc1)c1ccc(Oc2ccccc2)cc1. The first-order valence-corrected chi connectivity index (χ1v) is 14.0. The quantitative estimate of drug-likeness (QED) is 0.172. The smallest absolute Gasteiger partial charge is 0.156 e. The first-order valence-electron chi connectivity index (χ1n) is 14.0. The Labute approximate surface area is 246 Å². The van der Waals surface area contributed by atoms with Crippen molar-refractivity contribution >= 4 is 5.78 Å². The molecule has 6 rings (SSSR count). The van der Waals surface area contributed by atoms with Crippen LogP contribution in [-0.4, -0.2) is 5.78 Å². The van der Waals surface area contributed by atoms with Gasteiger partial charge < -0.3 is 9.47 Å². The van der Waals surface area contributed by atoms with Crippen molar-refractivity contribution in [2.75, 3.05) is 0 Å². The van der Waals surface area contributed by atoms with E-state index in [0.29, 0.717) is 0 Å². The number of ketones is 1. The standard InChI is InChI=1S/C39H30O3/c40-39(37(29-13-5-1-6-14-29)31-21-25-35(26-22-31)41-33-17-9-3-10-18-33)38(30-15-7-2-8-16-30)32-23-27-36(28-24-32)42-34-19-11-4-12-20-34/h1-28,37-38H. The zero-order valence-corrected chi connectivity index (χ0v) is 23.0. The molecule has 0 amide bonds. The second-order valence-corrected chi connectivity index (χ2v) is 10.1. The molecule has 0 spiro atoms. The minimum atomic E-state index is -0.470. The summed E-state index contributed by atoms with van der Waals surface area (Å²) >= 11 is 0. The summed E-state index contributed by atoms with van der Waals surface area (Å²) in [5, 5.41) is 0. The minimum absolute atomic E-state index is 0.0980. The number of ether oxygens (including phenoxy) is 2. The summed E-state index contributed by atoms with van der Waals surface area (Å²) in [7, 11) is 0. The number of hydrogen-bond acceptors (Lipinski definition) is 3. The van der Waals surface area contributed by atoms with Crippen molar-refractivity contribution in [3.8, 4) is 23.0 Å². The summed E-state index contributed by atoms with van der Waals surface area (Å²) in [5.74, 6) is 2.14. The lowest BCUT2D eigenvalue weighted by atomic mass is 9.77. The van der Waals surface area contributed by atoms with E-state index in [1.807, 2.05) is 170 Å². The Kier molecular flexibility index (Phi) is 8.19. The number of para-hydroxylation sites is 2. The molecule has 0 saturated carbocycles. The van der Waals surface area contributed by atoms with Gasteiger partial charge in [0, 0.05) is 0 Å². The highest BCUT2D eigenvalue weighted by Gasteiger charge is 2.32. The van der Waals surface area contributed by atoms with E-state index >= 15 is 0 Å². The zero-order valence-electron chi connectivity index (χ0n) is 23.0. The fraction of sp³-hybridized carbons (Fsp3) is 0.0513. The fourth-order valence-corrected chi connectivity index (χ4v) is 5.21. The normalized spacial score (nSPS) is 12.2. The van der Waals surface area contributed by atoms with Gasteiger partial charge in [0.2, 0.25) is 0 Å². The van der Waals surface area contributed by atoms with Crippen LogP contribution >= 0.6 is 0 Å². The lowest BCUT2D eigenvalue weighted by Crippen LogP contribution is -2.23. The molecule has 42 heavy (non-hydrogen) atoms. The lowest BCUT2D eigenvalue weighted by molar-refractivity contribution is -0.120. The summed E-state index contributed by atoms with van der Waals surface area (Å²) in [6.45, 7) is 0. The summed E-state index contributed by atoms with van der Waals surface area (Å²) in [6.07, 6.45) is 0. The molecule has 0 radical (unpaired) electrons. The largest absolute Gasteiger partial charge is 0.457 e. The number of hydrogen-bond donors (Lipinski definition) is 0. The highest BCUT2D eigenvalue weighted by Crippen LogP contribution is 2.37. The Morgan fingerprint density at radius 1 is 0.333 bits per heavy atom. The van der Waals surface area contributed by atoms with Crippen LogP contribution in [-0.2, 0) is 4.79 Å². The van der Waals surface area contributed by atoms with E-state index in [2.05, 4.69) is 0 Å². The Hall–Kier alpha value is -5.41. The summed E-state index contributed by atoms with van der Waals surface area (Å²) in [5.41, 5.74) is 3.72. The Balaban J connectivity index is 1.35. The molecule has 0 heterocycles. The second-order valence-electron chi connectivity index (χ2n) is 10.1. The molecule has 3 heteroatoms. The van der Waals surface area contributed by atoms with Crippen LogP contribution in [0.15, 0.2) is 170 Å². The summed E-state index contributed by atoms with van der Waals surface area (Å²) in [6, 6.07) is 55.0. The maximum Gasteiger partial charge on any atom is 0.156 e. The molecule has 2 unspecified atom stereocenters. The average molecular weight is 547 g/mol. The third-order valence-corrected chi connectivity index (χ3v) is 7.22. The minimum Gasteiger partial charge on any atom is -0.457 e. The van der Waals surface area contributed by atoms with Gasteiger partial charge in [0.1, 0.15) is 23.0 Å². The van der Waals surface area contributed by atoms with E-state index in [4.69, 9.17) is 9.47 Å². The molecule has 0 aliphatic rings. The van der Waals surface area contributed by atoms with Crippen molar-refractivity contribution in [2.24, 2.45) is 0 Å². The Morgan fingerprint density at radius 3 is 0.929 bits per heavy atom. The van der Waals surface area contributed by atoms with Crippen LogP contribution in [0.25, 0.3) is 0 Å². The van der Waals surface area contributed by atoms with Gasteiger partial charge in [-0.25, -0.2) is 0 Å². The molecular weight excluding hydrogens is 516 g/mol. The highest BCUT2D eigenvalue weighted by molar-refractivity contribution is 5.97. The molecule has 2 atom stereocenters. The van der Waals surface area contributed by atoms with Gasteiger partial charge in [-0.1, -0.05) is 121 Å². The topological polar surface area (TPSA) is 35.5 Å². The van der Waals surface area contributed by atoms with Crippen LogP contribution < -0.4 is 9.47 Å². The molecule has 204 valence electrons. The van der Waals surface area contributed by atoms with Crippen LogP contribution in [0.1, 0.15) is 34.1 Å². The Morgan fingerprint density at radius 2 is 0.595 bits per heavy atom. The van der Waals surface area contributed by atoms with Gasteiger partial charge in [-0.15, -0.1) is 0 Å². The Bertz CT molecular complexity index is 1570. The number of carbonyl (C=O) groups excluding carboxylic acids is 1. The van der Waals surface area contributed by atoms with Crippen LogP contribution in [0.4, 0.5) is 0 Å². The van der Waals surface area contributed by atoms with E-state index in [9.17, 15) is 4.79 Å². The molecule has 0 fully saturated rings. The van der Waals surface area contributed by atoms with Gasteiger partial charge in [0.05, 0.1) is 11.8 Å². The lowest BCUT2D eigenvalue weighted by Gasteiger charge is -2.25. The summed E-state index contributed by atoms with van der Waals surface area (Å²) in [4.78, 5) is 14.7. The highest BCUT2D eigenvalue weighted by atomic mass is 16.5. The third kappa shape index (κ3) is 6.32. The van der Waals surface area contributed by atoms with Crippen molar-refractivity contribution in [2.45, 2.75) is 11.8 Å². The van der Waals surface area contributed by atoms with E-state index in [1.54, 1.807) is 0 Å². The number of Topliss-reactive ketones (excluding diaryl/α,β-unsaturated/α-hetero) is 1. The fourth-order valence-electron chi connectivity index (χ4n) is 5.21. The molecule has 0 aromatic heterocycles. The van der Waals surface area contributed by atoms with Crippen LogP contribution in [0.2, 0.25) is 0 Å². The molecule has 3 nitrogen and oxygen atoms in total. The van der Waals surface area contributed by atoms with Gasteiger partial charge >= 0.3 is 0 Å². The van der Waals surface area contributed by atoms with Crippen molar-refractivity contribution in [1.82, 2.24) is 0 Å². The summed E-state index contributed by atoms with van der Waals surface area (Å²) < 4.78 is 12.0. The van der Waals surface area contributed by atoms with E-state index in [-0.39, 0.29) is 5.78 Å². The van der Waals surface area contributed by atoms with Gasteiger partial charge in [-0.2, -0.15) is 0 Å². The maximum atomic E-state index is 14.7. The number of carbonyl (C=O) groups is 1. The van der Waals surface area contributed by atoms with Crippen molar-refractivity contribution in [3.63, 3.8) is 0 Å². The van der Waals surface area contributed by atoms with E-state index < -0.39 is 11.8 Å². The van der Waals surface area contributed by atoms with Gasteiger partial charge in [0.15, 0.2) is 5.78 Å². The van der Waals surface area contributed by atoms with Crippen molar-refractivity contribution < 1.29 is 14.3 Å². The number of rotatable bonds is 10. The van der Waals surface area contributed by atoms with Gasteiger partial charge in [-0.3, -0.25) is 4.79 Å². The maximum absolute atomic E-state index is 14.7. The zero-order chi connectivity index (χ0) is 28.6. The first-order chi connectivity index (χ1) is 20.7. The van der Waals surface area contributed by atoms with E-state index in [0.717, 1.165) is 45.3 Å². The van der Waals surface area contributed by atoms with Crippen molar-refractivity contribution in [3.05, 3.63) is 192 Å². The average Bonchev–Trinajstić information content (AvgIpc) is 3.05. The van der Waals surface area contributed by atoms with Crippen LogP contribution in [0.5, 0.6) is 23.0 Å². The van der Waals surface area contributed by atoms with Crippen LogP contribution in [0, 0.1) is 0 Å². The molecule has 0 N–H and O–H groups in total. The molecule has 0 aliphatic carbocycles. The predicted molar refractivity (Wildman–Crippen MR) is 167 cm³/mol. The first kappa shape index (κ1) is 26.8. The van der Waals surface area contributed by atoms with E-state index in [1.165, 1.54) is 0 Å². The van der Waals surface area contributed by atoms with Gasteiger partial charge in [-0.05, 0) is 70.8 Å². The third-order valence-electron chi connectivity index (χ3n) is 7.22. The second kappa shape index (κ2) is 12.8. The van der Waals surface area contributed by atoms with Crippen LogP contribution in [0.3, 0.4) is 0 Å². The van der Waals surface area contributed by atoms with Gasteiger partial charge in [0.25, 0.3) is 0 Å². The molecule has 0 bridgehead atoms. The monoisotopic (exact) mass is 546 g/mol.